The van der Waals surface area contributed by atoms with Crippen molar-refractivity contribution in [1.29, 1.82) is 0 Å². The molecule has 3 rings (SSSR count). The Labute approximate surface area is 207 Å². The first-order valence-corrected chi connectivity index (χ1v) is 11.1. The van der Waals surface area contributed by atoms with Crippen molar-refractivity contribution >= 4 is 11.8 Å². The largest absolute Gasteiger partial charge is 0.493 e. The minimum Gasteiger partial charge on any atom is -0.493 e. The molecule has 9 nitrogen and oxygen atoms in total. The number of nitrogens with one attached hydrogen (secondary N) is 2. The maximum Gasteiger partial charge on any atom is 0.273 e. The van der Waals surface area contributed by atoms with E-state index in [9.17, 15) is 18.8 Å². The first kappa shape index (κ1) is 26.0. The summed E-state index contributed by atoms with van der Waals surface area (Å²) in [4.78, 5) is 38.5. The molecule has 0 radical (unpaired) electrons. The Bertz CT molecular complexity index is 1310. The number of nitrogens with two attached hydrogens (primary N) is 1. The summed E-state index contributed by atoms with van der Waals surface area (Å²) >= 11 is 0. The zero-order valence-electron chi connectivity index (χ0n) is 19.8. The van der Waals surface area contributed by atoms with Crippen LogP contribution in [0.15, 0.2) is 72.2 Å². The second-order valence-electron chi connectivity index (χ2n) is 7.67. The highest BCUT2D eigenvalue weighted by Gasteiger charge is 2.25. The Morgan fingerprint density at radius 1 is 1.14 bits per heavy atom. The van der Waals surface area contributed by atoms with Gasteiger partial charge in [0, 0.05) is 31.4 Å². The molecule has 36 heavy (non-hydrogen) atoms. The number of rotatable bonds is 11. The molecule has 4 N–H and O–H groups in total. The van der Waals surface area contributed by atoms with Crippen molar-refractivity contribution in [2.24, 2.45) is 0 Å². The van der Waals surface area contributed by atoms with Gasteiger partial charge in [0.1, 0.15) is 23.7 Å². The Balaban J connectivity index is 1.87. The van der Waals surface area contributed by atoms with Crippen LogP contribution >= 0.6 is 0 Å². The summed E-state index contributed by atoms with van der Waals surface area (Å²) in [6, 6.07) is 12.9. The molecule has 0 aliphatic heterocycles. The molecule has 0 aliphatic rings. The summed E-state index contributed by atoms with van der Waals surface area (Å²) in [7, 11) is 1.38. The van der Waals surface area contributed by atoms with Crippen LogP contribution in [0.25, 0.3) is 0 Å². The van der Waals surface area contributed by atoms with E-state index in [4.69, 9.17) is 15.3 Å². The number of amides is 2. The van der Waals surface area contributed by atoms with E-state index in [1.54, 1.807) is 30.3 Å². The molecule has 0 saturated carbocycles. The molecule has 188 valence electrons. The molecule has 0 atom stereocenters. The van der Waals surface area contributed by atoms with Gasteiger partial charge in [-0.3, -0.25) is 19.1 Å². The molecule has 1 heterocycles. The molecular formula is C26H27FN4O5. The molecule has 1 aromatic heterocycles. The van der Waals surface area contributed by atoms with Crippen LogP contribution in [-0.2, 0) is 13.2 Å². The normalized spacial score (nSPS) is 10.4. The van der Waals surface area contributed by atoms with Crippen molar-refractivity contribution in [3.63, 3.8) is 0 Å². The second-order valence-corrected chi connectivity index (χ2v) is 7.67. The Morgan fingerprint density at radius 2 is 1.89 bits per heavy atom. The van der Waals surface area contributed by atoms with Gasteiger partial charge in [-0.05, 0) is 18.1 Å². The molecule has 2 aromatic carbocycles. The van der Waals surface area contributed by atoms with Crippen LogP contribution in [-0.4, -0.2) is 30.1 Å². The van der Waals surface area contributed by atoms with E-state index < -0.39 is 23.1 Å². The average Bonchev–Trinajstić information content (AvgIpc) is 2.88. The lowest BCUT2D eigenvalue weighted by Crippen LogP contribution is -2.35. The fraction of sp³-hybridized carbons (Fsp3) is 0.192. The minimum absolute atomic E-state index is 0.0217. The molecule has 10 heteroatoms. The van der Waals surface area contributed by atoms with Crippen molar-refractivity contribution in [1.82, 2.24) is 15.3 Å². The quantitative estimate of drug-likeness (QED) is 0.214. The van der Waals surface area contributed by atoms with Gasteiger partial charge in [-0.25, -0.2) is 4.39 Å². The third-order valence-corrected chi connectivity index (χ3v) is 5.15. The van der Waals surface area contributed by atoms with Crippen molar-refractivity contribution in [2.45, 2.75) is 19.6 Å². The monoisotopic (exact) mass is 494 g/mol. The summed E-state index contributed by atoms with van der Waals surface area (Å²) in [5, 5.41) is 5.02. The van der Waals surface area contributed by atoms with Crippen molar-refractivity contribution in [2.75, 3.05) is 19.5 Å². The van der Waals surface area contributed by atoms with Crippen LogP contribution in [0.5, 0.6) is 11.5 Å². The van der Waals surface area contributed by atoms with Crippen LogP contribution in [0.4, 0.5) is 4.39 Å². The highest BCUT2D eigenvalue weighted by Crippen LogP contribution is 2.21. The van der Waals surface area contributed by atoms with Gasteiger partial charge >= 0.3 is 0 Å². The predicted molar refractivity (Wildman–Crippen MR) is 133 cm³/mol. The van der Waals surface area contributed by atoms with Crippen LogP contribution in [0.2, 0.25) is 0 Å². The van der Waals surface area contributed by atoms with E-state index in [1.807, 2.05) is 6.07 Å². The molecule has 0 unspecified atom stereocenters. The van der Waals surface area contributed by atoms with Crippen LogP contribution in [0.1, 0.15) is 38.4 Å². The van der Waals surface area contributed by atoms with Crippen LogP contribution < -0.4 is 31.4 Å². The fourth-order valence-electron chi connectivity index (χ4n) is 3.31. The van der Waals surface area contributed by atoms with Gasteiger partial charge in [-0.2, -0.15) is 0 Å². The summed E-state index contributed by atoms with van der Waals surface area (Å²) in [5.41, 5.74) is -0.107. The Morgan fingerprint density at radius 3 is 2.58 bits per heavy atom. The van der Waals surface area contributed by atoms with Gasteiger partial charge in [-0.1, -0.05) is 42.5 Å². The van der Waals surface area contributed by atoms with Gasteiger partial charge < -0.3 is 25.9 Å². The van der Waals surface area contributed by atoms with E-state index in [0.717, 1.165) is 16.4 Å². The highest BCUT2D eigenvalue weighted by atomic mass is 19.1. The van der Waals surface area contributed by atoms with E-state index >= 15 is 0 Å². The number of pyridine rings is 1. The zero-order valence-corrected chi connectivity index (χ0v) is 19.8. The number of benzene rings is 2. The van der Waals surface area contributed by atoms with Gasteiger partial charge in [0.05, 0.1) is 6.61 Å². The third-order valence-electron chi connectivity index (χ3n) is 5.15. The molecule has 0 saturated heterocycles. The van der Waals surface area contributed by atoms with Gasteiger partial charge in [-0.15, -0.1) is 6.58 Å². The van der Waals surface area contributed by atoms with Crippen molar-refractivity contribution in [3.8, 4) is 11.5 Å². The first-order valence-electron chi connectivity index (χ1n) is 11.1. The van der Waals surface area contributed by atoms with Gasteiger partial charge in [0.25, 0.3) is 11.8 Å². The van der Waals surface area contributed by atoms with Crippen LogP contribution in [0.3, 0.4) is 0 Å². The van der Waals surface area contributed by atoms with Gasteiger partial charge in [0.15, 0.2) is 11.4 Å². The van der Waals surface area contributed by atoms with E-state index in [0.29, 0.717) is 12.0 Å². The average molecular weight is 495 g/mol. The van der Waals surface area contributed by atoms with Gasteiger partial charge in [0.2, 0.25) is 5.43 Å². The maximum atomic E-state index is 13.7. The third kappa shape index (κ3) is 6.29. The molecule has 2 amide bonds. The van der Waals surface area contributed by atoms with Crippen molar-refractivity contribution < 1.29 is 23.5 Å². The first-order chi connectivity index (χ1) is 17.3. The summed E-state index contributed by atoms with van der Waals surface area (Å²) in [6.45, 7) is 3.83. The molecule has 0 fully saturated rings. The standard InChI is InChI=1S/C26H27FN4O5/c1-3-4-12-35-21-13-19(27)11-10-18(21)14-30-25(33)20-15-31(28)22(26(34)29-2)24(23(20)32)36-16-17-8-6-5-7-9-17/h3,5-11,13,15H,1,4,12,14,16,28H2,2H3,(H,29,34)(H,30,33). The van der Waals surface area contributed by atoms with Crippen LogP contribution in [0, 0.1) is 5.82 Å². The molecule has 0 bridgehead atoms. The number of hydrogen-bond donors (Lipinski definition) is 3. The predicted octanol–water partition coefficient (Wildman–Crippen LogP) is 2.52. The lowest BCUT2D eigenvalue weighted by molar-refractivity contribution is 0.0932. The van der Waals surface area contributed by atoms with E-state index in [1.165, 1.54) is 25.2 Å². The fourth-order valence-corrected chi connectivity index (χ4v) is 3.31. The Hall–Kier alpha value is -4.60. The summed E-state index contributed by atoms with van der Waals surface area (Å²) < 4.78 is 25.8. The summed E-state index contributed by atoms with van der Waals surface area (Å²) in [5.74, 6) is 3.98. The Kier molecular flexibility index (Phi) is 8.82. The minimum atomic E-state index is -0.801. The zero-order chi connectivity index (χ0) is 26.1. The number of nitrogen functional groups attached to an aromatic ring is 1. The lowest BCUT2D eigenvalue weighted by Gasteiger charge is -2.16. The molecular weight excluding hydrogens is 467 g/mol. The topological polar surface area (TPSA) is 125 Å². The summed E-state index contributed by atoms with van der Waals surface area (Å²) in [6.07, 6.45) is 3.28. The molecule has 3 aromatic rings. The lowest BCUT2D eigenvalue weighted by atomic mass is 10.1. The van der Waals surface area contributed by atoms with Crippen molar-refractivity contribution in [3.05, 3.63) is 106 Å². The number of carbonyl (C=O) groups is 2. The smallest absolute Gasteiger partial charge is 0.273 e. The number of carbonyl (C=O) groups excluding carboxylic acids is 2. The highest BCUT2D eigenvalue weighted by molar-refractivity contribution is 5.98. The SMILES string of the molecule is C=CCCOc1cc(F)ccc1CNC(=O)c1cn(N)c(C(=O)NC)c(OCc2ccccc2)c1=O. The molecule has 0 spiro atoms. The second kappa shape index (κ2) is 12.2. The van der Waals surface area contributed by atoms with E-state index in [2.05, 4.69) is 17.2 Å². The number of aromatic nitrogens is 1. The molecule has 0 aliphatic carbocycles. The number of ether oxygens (including phenoxy) is 2. The number of nitrogens with zero attached hydrogens (tertiary/aromatic N) is 1. The number of hydrogen-bond acceptors (Lipinski definition) is 6. The maximum absolute atomic E-state index is 13.7. The number of halogens is 1. The van der Waals surface area contributed by atoms with E-state index in [-0.39, 0.29) is 42.5 Å².